The molecule has 0 amide bonds. The molecule has 1 aliphatic carbocycles. The van der Waals surface area contributed by atoms with Gasteiger partial charge in [0.25, 0.3) is 0 Å². The number of carboxylic acids is 1. The summed E-state index contributed by atoms with van der Waals surface area (Å²) in [7, 11) is -8.28. The van der Waals surface area contributed by atoms with Crippen LogP contribution >= 0.6 is 10.8 Å². The van der Waals surface area contributed by atoms with Gasteiger partial charge in [-0.25, -0.2) is 8.42 Å². The topological polar surface area (TPSA) is 186 Å². The molecule has 210 valence electrons. The minimum atomic E-state index is -4.32. The molecule has 11 nitrogen and oxygen atoms in total. The Hall–Kier alpha value is -3.39. The number of rotatable bonds is 8. The molecule has 0 spiro atoms. The summed E-state index contributed by atoms with van der Waals surface area (Å²) in [5, 5.41) is 21.4. The fourth-order valence-corrected chi connectivity index (χ4v) is 6.68. The number of nitrogens with zero attached hydrogens (tertiary/aromatic N) is 1. The second-order valence-electron chi connectivity index (χ2n) is 10.3. The molecule has 2 aliphatic rings. The highest BCUT2D eigenvalue weighted by Crippen LogP contribution is 2.57. The van der Waals surface area contributed by atoms with Gasteiger partial charge in [-0.2, -0.15) is 0 Å². The Balaban J connectivity index is 1.76. The first kappa shape index (κ1) is 28.6. The van der Waals surface area contributed by atoms with Crippen LogP contribution in [0.4, 0.5) is 11.4 Å². The zero-order valence-electron chi connectivity index (χ0n) is 21.8. The molecule has 4 rings (SSSR count). The van der Waals surface area contributed by atoms with E-state index >= 15 is 0 Å². The molecule has 0 aromatic heterocycles. The Morgan fingerprint density at radius 3 is 2.46 bits per heavy atom. The van der Waals surface area contributed by atoms with Crippen LogP contribution in [0.3, 0.4) is 0 Å². The molecule has 0 saturated carbocycles. The normalized spacial score (nSPS) is 21.8. The van der Waals surface area contributed by atoms with Crippen LogP contribution in [0.15, 0.2) is 57.3 Å². The van der Waals surface area contributed by atoms with Crippen molar-refractivity contribution in [3.63, 3.8) is 0 Å². The van der Waals surface area contributed by atoms with Crippen molar-refractivity contribution in [1.82, 2.24) is 0 Å². The van der Waals surface area contributed by atoms with Crippen molar-refractivity contribution in [2.24, 2.45) is 10.3 Å². The highest BCUT2D eigenvalue weighted by molar-refractivity contribution is 8.23. The first-order valence-electron chi connectivity index (χ1n) is 12.2. The Morgan fingerprint density at radius 1 is 1.15 bits per heavy atom. The van der Waals surface area contributed by atoms with Crippen LogP contribution in [0, 0.1) is 5.92 Å². The number of fused-ring (bicyclic) bond motifs is 2. The molecule has 0 saturated heterocycles. The Bertz CT molecular complexity index is 1530. The van der Waals surface area contributed by atoms with E-state index in [1.165, 1.54) is 12.1 Å². The number of benzene rings is 2. The molecule has 39 heavy (non-hydrogen) atoms. The van der Waals surface area contributed by atoms with Gasteiger partial charge in [-0.1, -0.05) is 48.9 Å². The molecule has 1 heterocycles. The molecule has 2 aromatic rings. The van der Waals surface area contributed by atoms with Gasteiger partial charge in [0.1, 0.15) is 16.2 Å². The SMILES string of the molecule is CC(C)CCC1(C)C(=O)C(C2=NS(O)(O)c3cc(NS(=O)(=O)C(C)C(=O)O)ccc3N2)=C(O)c2ccccc21. The van der Waals surface area contributed by atoms with Crippen LogP contribution in [-0.2, 0) is 25.0 Å². The zero-order valence-corrected chi connectivity index (χ0v) is 23.4. The van der Waals surface area contributed by atoms with Crippen molar-refractivity contribution < 1.29 is 37.3 Å². The molecule has 2 atom stereocenters. The maximum atomic E-state index is 14.0. The summed E-state index contributed by atoms with van der Waals surface area (Å²) in [4.78, 5) is 24.9. The quantitative estimate of drug-likeness (QED) is 0.251. The number of aliphatic hydroxyl groups excluding tert-OH is 1. The summed E-state index contributed by atoms with van der Waals surface area (Å²) < 4.78 is 52.7. The second-order valence-corrected chi connectivity index (χ2v) is 13.9. The number of amidine groups is 1. The third-order valence-electron chi connectivity index (χ3n) is 7.02. The zero-order chi connectivity index (χ0) is 28.9. The van der Waals surface area contributed by atoms with Crippen LogP contribution in [0.25, 0.3) is 5.76 Å². The van der Waals surface area contributed by atoms with Crippen molar-refractivity contribution in [1.29, 1.82) is 0 Å². The van der Waals surface area contributed by atoms with Gasteiger partial charge in [-0.05, 0) is 56.4 Å². The predicted octanol–water partition coefficient (Wildman–Crippen LogP) is 5.00. The lowest BCUT2D eigenvalue weighted by atomic mass is 9.66. The summed E-state index contributed by atoms with van der Waals surface area (Å²) in [5.74, 6) is -2.21. The maximum absolute atomic E-state index is 14.0. The van der Waals surface area contributed by atoms with Crippen molar-refractivity contribution in [3.8, 4) is 0 Å². The third kappa shape index (κ3) is 5.14. The smallest absolute Gasteiger partial charge is 0.323 e. The first-order chi connectivity index (χ1) is 18.1. The highest BCUT2D eigenvalue weighted by Gasteiger charge is 2.46. The number of carbonyl (C=O) groups is 2. The molecule has 0 fully saturated rings. The predicted molar refractivity (Wildman–Crippen MR) is 151 cm³/mol. The number of hydrogen-bond donors (Lipinski definition) is 6. The van der Waals surface area contributed by atoms with Crippen LogP contribution in [0.1, 0.15) is 51.7 Å². The van der Waals surface area contributed by atoms with Gasteiger partial charge in [0.2, 0.25) is 10.0 Å². The molecule has 1 aliphatic heterocycles. The summed E-state index contributed by atoms with van der Waals surface area (Å²) >= 11 is 0. The molecular weight excluding hydrogens is 546 g/mol. The van der Waals surface area contributed by atoms with E-state index in [0.29, 0.717) is 23.5 Å². The Labute approximate surface area is 228 Å². The highest BCUT2D eigenvalue weighted by atomic mass is 32.3. The van der Waals surface area contributed by atoms with Gasteiger partial charge in [0.15, 0.2) is 16.9 Å². The number of ketones is 1. The molecular formula is C26H31N3O8S2. The number of Topliss-reactive ketones (excluding diaryl/α,β-unsaturated/α-hetero) is 1. The van der Waals surface area contributed by atoms with E-state index < -0.39 is 43.2 Å². The van der Waals surface area contributed by atoms with E-state index in [1.54, 1.807) is 31.2 Å². The summed E-state index contributed by atoms with van der Waals surface area (Å²) in [5.41, 5.74) is -0.0297. The maximum Gasteiger partial charge on any atom is 0.323 e. The van der Waals surface area contributed by atoms with Crippen molar-refractivity contribution >= 4 is 55.5 Å². The van der Waals surface area contributed by atoms with E-state index in [1.807, 2.05) is 13.8 Å². The van der Waals surface area contributed by atoms with Gasteiger partial charge in [0, 0.05) is 5.56 Å². The van der Waals surface area contributed by atoms with E-state index in [2.05, 4.69) is 14.4 Å². The van der Waals surface area contributed by atoms with Crippen LogP contribution in [0.5, 0.6) is 0 Å². The molecule has 2 unspecified atom stereocenters. The molecule has 0 radical (unpaired) electrons. The van der Waals surface area contributed by atoms with E-state index in [4.69, 9.17) is 5.11 Å². The second kappa shape index (κ2) is 9.97. The number of anilines is 2. The Morgan fingerprint density at radius 2 is 1.82 bits per heavy atom. The monoisotopic (exact) mass is 577 g/mol. The molecule has 0 bridgehead atoms. The van der Waals surface area contributed by atoms with Crippen LogP contribution in [0.2, 0.25) is 0 Å². The number of nitrogens with one attached hydrogen (secondary N) is 2. The fourth-order valence-electron chi connectivity index (χ4n) is 4.59. The minimum absolute atomic E-state index is 0.103. The van der Waals surface area contributed by atoms with E-state index in [9.17, 15) is 32.2 Å². The largest absolute Gasteiger partial charge is 0.506 e. The Kier molecular flexibility index (Phi) is 7.32. The lowest BCUT2D eigenvalue weighted by molar-refractivity contribution is -0.136. The van der Waals surface area contributed by atoms with Gasteiger partial charge < -0.3 is 15.5 Å². The standard InChI is InChI=1S/C26H31N3O8S2/c1-14(2)11-12-26(4)18-8-6-5-7-17(18)22(30)21(23(26)31)24-27-19-10-9-16(13-20(19)39(36,37)29-24)28-38(34,35)15(3)25(32)33/h5-10,13-15,28,30,36-37H,11-12H2,1-4H3,(H,27,29)(H,32,33). The van der Waals surface area contributed by atoms with E-state index in [-0.39, 0.29) is 33.4 Å². The molecule has 2 aromatic carbocycles. The number of carbonyl (C=O) groups excluding carboxylic acids is 1. The summed E-state index contributed by atoms with van der Waals surface area (Å²) in [6, 6.07) is 10.8. The number of aliphatic hydroxyl groups is 1. The average Bonchev–Trinajstić information content (AvgIpc) is 2.86. The van der Waals surface area contributed by atoms with Crippen LogP contribution in [-0.4, -0.2) is 50.6 Å². The van der Waals surface area contributed by atoms with Gasteiger partial charge in [-0.15, -0.1) is 4.40 Å². The summed E-state index contributed by atoms with van der Waals surface area (Å²) in [6.45, 7) is 6.90. The number of hydrogen-bond acceptors (Lipinski definition) is 9. The van der Waals surface area contributed by atoms with Gasteiger partial charge in [0.05, 0.1) is 16.8 Å². The van der Waals surface area contributed by atoms with Crippen molar-refractivity contribution in [3.05, 3.63) is 59.2 Å². The van der Waals surface area contributed by atoms with Crippen LogP contribution < -0.4 is 10.0 Å². The number of sulfonamides is 1. The van der Waals surface area contributed by atoms with Gasteiger partial charge in [-0.3, -0.25) is 23.4 Å². The third-order valence-corrected chi connectivity index (χ3v) is 10.0. The fraction of sp³-hybridized carbons (Fsp3) is 0.346. The van der Waals surface area contributed by atoms with Crippen molar-refractivity contribution in [2.45, 2.75) is 56.1 Å². The lowest BCUT2D eigenvalue weighted by Gasteiger charge is -2.39. The minimum Gasteiger partial charge on any atom is -0.506 e. The number of aliphatic carboxylic acids is 1. The van der Waals surface area contributed by atoms with Crippen molar-refractivity contribution in [2.75, 3.05) is 10.0 Å². The molecule has 13 heteroatoms. The first-order valence-corrected chi connectivity index (χ1v) is 15.3. The summed E-state index contributed by atoms with van der Waals surface area (Å²) in [6.07, 6.45) is 1.23. The number of carboxylic acid groups (broad SMARTS) is 1. The lowest BCUT2D eigenvalue weighted by Crippen LogP contribution is -2.42. The average molecular weight is 578 g/mol. The van der Waals surface area contributed by atoms with Gasteiger partial charge >= 0.3 is 5.97 Å². The molecule has 6 N–H and O–H groups in total. The van der Waals surface area contributed by atoms with E-state index in [0.717, 1.165) is 19.4 Å².